The van der Waals surface area contributed by atoms with E-state index in [1.165, 1.54) is 6.92 Å². The fourth-order valence-corrected chi connectivity index (χ4v) is 0.416. The Bertz CT molecular complexity index is 167. The molecule has 5 heteroatoms. The van der Waals surface area contributed by atoms with Crippen molar-refractivity contribution in [1.82, 2.24) is 0 Å². The van der Waals surface area contributed by atoms with Gasteiger partial charge in [-0.1, -0.05) is 13.5 Å². The van der Waals surface area contributed by atoms with Gasteiger partial charge < -0.3 is 20.1 Å². The molecule has 0 radical (unpaired) electrons. The quantitative estimate of drug-likeness (QED) is 0.446. The molecular formula is C10H20O5. The highest BCUT2D eigenvalue weighted by molar-refractivity contribution is 5.84. The van der Waals surface area contributed by atoms with Gasteiger partial charge in [0, 0.05) is 12.2 Å². The van der Waals surface area contributed by atoms with Crippen LogP contribution in [0.2, 0.25) is 0 Å². The lowest BCUT2D eigenvalue weighted by molar-refractivity contribution is -0.132. The van der Waals surface area contributed by atoms with Crippen LogP contribution in [-0.4, -0.2) is 47.2 Å². The van der Waals surface area contributed by atoms with Gasteiger partial charge in [0.05, 0.1) is 13.2 Å². The summed E-state index contributed by atoms with van der Waals surface area (Å²) in [6, 6.07) is 0. The molecule has 0 aliphatic rings. The molecule has 0 amide bonds. The summed E-state index contributed by atoms with van der Waals surface area (Å²) in [7, 11) is 0. The first-order valence-corrected chi connectivity index (χ1v) is 4.71. The lowest BCUT2D eigenvalue weighted by Gasteiger charge is -2.05. The number of carboxylic acids is 1. The Hall–Kier alpha value is -0.910. The number of rotatable bonds is 6. The molecule has 0 heterocycles. The third kappa shape index (κ3) is 15.8. The van der Waals surface area contributed by atoms with Crippen molar-refractivity contribution in [2.45, 2.75) is 26.4 Å². The lowest BCUT2D eigenvalue weighted by Crippen LogP contribution is -2.19. The van der Waals surface area contributed by atoms with Gasteiger partial charge >= 0.3 is 5.97 Å². The van der Waals surface area contributed by atoms with Crippen molar-refractivity contribution in [1.29, 1.82) is 0 Å². The average molecular weight is 220 g/mol. The summed E-state index contributed by atoms with van der Waals surface area (Å²) in [5.74, 6) is -0.935. The fraction of sp³-hybridized carbons (Fsp3) is 0.700. The van der Waals surface area contributed by atoms with Crippen molar-refractivity contribution in [2.24, 2.45) is 0 Å². The first-order valence-electron chi connectivity index (χ1n) is 4.71. The van der Waals surface area contributed by atoms with Crippen LogP contribution >= 0.6 is 0 Å². The number of aliphatic hydroxyl groups is 2. The second kappa shape index (κ2) is 11.2. The minimum atomic E-state index is -0.935. The molecule has 0 aliphatic heterocycles. The molecule has 0 fully saturated rings. The predicted octanol–water partition coefficient (Wildman–Crippen LogP) is 0.413. The lowest BCUT2D eigenvalue weighted by atomic mass is 10.4. The standard InChI is InChI=1S/C6H14O3.C4H6O2/c1-2-3-9-5-6(8)4-7;1-3(2)4(5)6/h6-8H,2-5H2,1H3;1H2,2H3,(H,5,6). The van der Waals surface area contributed by atoms with Gasteiger partial charge in [0.1, 0.15) is 6.10 Å². The molecule has 1 atom stereocenters. The highest BCUT2D eigenvalue weighted by atomic mass is 16.5. The number of aliphatic carboxylic acids is 1. The van der Waals surface area contributed by atoms with Crippen LogP contribution in [0.25, 0.3) is 0 Å². The molecule has 5 nitrogen and oxygen atoms in total. The van der Waals surface area contributed by atoms with Gasteiger partial charge in [-0.3, -0.25) is 0 Å². The van der Waals surface area contributed by atoms with Crippen LogP contribution in [0.4, 0.5) is 0 Å². The number of hydrogen-bond acceptors (Lipinski definition) is 4. The largest absolute Gasteiger partial charge is 0.478 e. The van der Waals surface area contributed by atoms with Crippen LogP contribution in [0.5, 0.6) is 0 Å². The zero-order valence-electron chi connectivity index (χ0n) is 9.27. The number of carbonyl (C=O) groups is 1. The molecular weight excluding hydrogens is 200 g/mol. The Morgan fingerprint density at radius 3 is 2.27 bits per heavy atom. The summed E-state index contributed by atoms with van der Waals surface area (Å²) in [6.07, 6.45) is 0.231. The summed E-state index contributed by atoms with van der Waals surface area (Å²) in [4.78, 5) is 9.60. The van der Waals surface area contributed by atoms with E-state index in [1.54, 1.807) is 0 Å². The SMILES string of the molecule is C=C(C)C(=O)O.CCCOCC(O)CO. The van der Waals surface area contributed by atoms with Crippen LogP contribution in [-0.2, 0) is 9.53 Å². The van der Waals surface area contributed by atoms with Crippen molar-refractivity contribution in [3.8, 4) is 0 Å². The molecule has 0 saturated heterocycles. The van der Waals surface area contributed by atoms with E-state index in [2.05, 4.69) is 6.58 Å². The monoisotopic (exact) mass is 220 g/mol. The van der Waals surface area contributed by atoms with Crippen LogP contribution in [0.3, 0.4) is 0 Å². The summed E-state index contributed by atoms with van der Waals surface area (Å²) >= 11 is 0. The maximum atomic E-state index is 9.60. The number of aliphatic hydroxyl groups excluding tert-OH is 2. The minimum Gasteiger partial charge on any atom is -0.478 e. The van der Waals surface area contributed by atoms with Gasteiger partial charge in [-0.15, -0.1) is 0 Å². The minimum absolute atomic E-state index is 0.176. The smallest absolute Gasteiger partial charge is 0.330 e. The first kappa shape index (κ1) is 16.5. The van der Waals surface area contributed by atoms with Gasteiger partial charge in [-0.2, -0.15) is 0 Å². The zero-order valence-corrected chi connectivity index (χ0v) is 9.27. The summed E-state index contributed by atoms with van der Waals surface area (Å²) < 4.78 is 4.93. The summed E-state index contributed by atoms with van der Waals surface area (Å²) in [5.41, 5.74) is 0.176. The van der Waals surface area contributed by atoms with Gasteiger partial charge in [-0.25, -0.2) is 4.79 Å². The van der Waals surface area contributed by atoms with Gasteiger partial charge in [0.25, 0.3) is 0 Å². The van der Waals surface area contributed by atoms with Crippen LogP contribution in [0, 0.1) is 0 Å². The van der Waals surface area contributed by atoms with Crippen molar-refractivity contribution < 1.29 is 24.9 Å². The summed E-state index contributed by atoms with van der Waals surface area (Å²) in [5, 5.41) is 24.9. The van der Waals surface area contributed by atoms with Crippen molar-refractivity contribution in [2.75, 3.05) is 19.8 Å². The van der Waals surface area contributed by atoms with Crippen LogP contribution in [0.1, 0.15) is 20.3 Å². The highest BCUT2D eigenvalue weighted by Crippen LogP contribution is 1.84. The van der Waals surface area contributed by atoms with Crippen LogP contribution < -0.4 is 0 Å². The van der Waals surface area contributed by atoms with Gasteiger partial charge in [0.15, 0.2) is 0 Å². The van der Waals surface area contributed by atoms with E-state index in [0.29, 0.717) is 6.61 Å². The molecule has 3 N–H and O–H groups in total. The number of carboxylic acid groups (broad SMARTS) is 1. The molecule has 0 aliphatic carbocycles. The molecule has 0 aromatic heterocycles. The average Bonchev–Trinajstić information content (AvgIpc) is 2.18. The molecule has 0 bridgehead atoms. The second-order valence-corrected chi connectivity index (χ2v) is 3.00. The molecule has 0 spiro atoms. The molecule has 15 heavy (non-hydrogen) atoms. The van der Waals surface area contributed by atoms with E-state index < -0.39 is 12.1 Å². The van der Waals surface area contributed by atoms with E-state index >= 15 is 0 Å². The zero-order chi connectivity index (χ0) is 12.3. The Labute approximate surface area is 90.0 Å². The van der Waals surface area contributed by atoms with Crippen molar-refractivity contribution in [3.05, 3.63) is 12.2 Å². The van der Waals surface area contributed by atoms with E-state index in [1.807, 2.05) is 6.92 Å². The van der Waals surface area contributed by atoms with Gasteiger partial charge in [0.2, 0.25) is 0 Å². The fourth-order valence-electron chi connectivity index (χ4n) is 0.416. The van der Waals surface area contributed by atoms with E-state index in [-0.39, 0.29) is 18.8 Å². The topological polar surface area (TPSA) is 87.0 Å². The molecule has 0 aromatic rings. The maximum Gasteiger partial charge on any atom is 0.330 e. The third-order valence-electron chi connectivity index (χ3n) is 1.23. The molecule has 1 unspecified atom stereocenters. The molecule has 0 aromatic carbocycles. The van der Waals surface area contributed by atoms with E-state index in [0.717, 1.165) is 6.42 Å². The number of ether oxygens (including phenoxy) is 1. The second-order valence-electron chi connectivity index (χ2n) is 3.00. The Morgan fingerprint density at radius 2 is 2.00 bits per heavy atom. The van der Waals surface area contributed by atoms with Gasteiger partial charge in [-0.05, 0) is 13.3 Å². The van der Waals surface area contributed by atoms with Crippen molar-refractivity contribution >= 4 is 5.97 Å². The molecule has 0 rings (SSSR count). The van der Waals surface area contributed by atoms with E-state index in [4.69, 9.17) is 20.1 Å². The normalized spacial score (nSPS) is 11.2. The van der Waals surface area contributed by atoms with Crippen LogP contribution in [0.15, 0.2) is 12.2 Å². The molecule has 0 saturated carbocycles. The number of hydrogen-bond donors (Lipinski definition) is 3. The Kier molecular flexibility index (Phi) is 12.3. The highest BCUT2D eigenvalue weighted by Gasteiger charge is 1.99. The van der Waals surface area contributed by atoms with Crippen molar-refractivity contribution in [3.63, 3.8) is 0 Å². The maximum absolute atomic E-state index is 9.60. The molecule has 90 valence electrons. The Morgan fingerprint density at radius 1 is 1.53 bits per heavy atom. The first-order chi connectivity index (χ1) is 6.95. The summed E-state index contributed by atoms with van der Waals surface area (Å²) in [6.45, 7) is 7.26. The third-order valence-corrected chi connectivity index (χ3v) is 1.23. The Balaban J connectivity index is 0. The predicted molar refractivity (Wildman–Crippen MR) is 56.7 cm³/mol. The van der Waals surface area contributed by atoms with E-state index in [9.17, 15) is 4.79 Å².